The molecule has 0 unspecified atom stereocenters. The van der Waals surface area contributed by atoms with Crippen molar-refractivity contribution in [3.8, 4) is 17.0 Å². The lowest BCUT2D eigenvalue weighted by molar-refractivity contribution is 0.420. The van der Waals surface area contributed by atoms with E-state index in [-0.39, 0.29) is 0 Å². The Labute approximate surface area is 129 Å². The van der Waals surface area contributed by atoms with Gasteiger partial charge in [0.25, 0.3) is 0 Å². The van der Waals surface area contributed by atoms with Crippen LogP contribution >= 0.6 is 0 Å². The molecular formula is C20H17NO. The van der Waals surface area contributed by atoms with Crippen molar-refractivity contribution in [2.24, 2.45) is 7.05 Å². The highest BCUT2D eigenvalue weighted by Gasteiger charge is 2.12. The molecule has 22 heavy (non-hydrogen) atoms. The first-order chi connectivity index (χ1) is 10.8. The van der Waals surface area contributed by atoms with Gasteiger partial charge in [-0.2, -0.15) is 0 Å². The molecule has 0 aliphatic heterocycles. The maximum Gasteiger partial charge on any atom is 0.126 e. The van der Waals surface area contributed by atoms with Gasteiger partial charge >= 0.3 is 0 Å². The van der Waals surface area contributed by atoms with Crippen LogP contribution in [0.5, 0.6) is 5.75 Å². The number of nitrogens with zero attached hydrogens (tertiary/aromatic N) is 1. The zero-order chi connectivity index (χ0) is 15.1. The summed E-state index contributed by atoms with van der Waals surface area (Å²) < 4.78 is 7.75. The number of benzene rings is 3. The van der Waals surface area contributed by atoms with Gasteiger partial charge in [-0.3, -0.25) is 0 Å². The van der Waals surface area contributed by atoms with Gasteiger partial charge in [0.05, 0.1) is 7.11 Å². The second-order valence-corrected chi connectivity index (χ2v) is 5.51. The van der Waals surface area contributed by atoms with Crippen LogP contribution in [0.4, 0.5) is 0 Å². The number of hydrogen-bond donors (Lipinski definition) is 0. The topological polar surface area (TPSA) is 14.2 Å². The smallest absolute Gasteiger partial charge is 0.126 e. The molecule has 1 heterocycles. The minimum Gasteiger partial charge on any atom is -0.496 e. The third kappa shape index (κ3) is 1.81. The van der Waals surface area contributed by atoms with E-state index >= 15 is 0 Å². The van der Waals surface area contributed by atoms with E-state index in [0.717, 1.165) is 11.1 Å². The Balaban J connectivity index is 2.07. The van der Waals surface area contributed by atoms with Crippen LogP contribution in [0.3, 0.4) is 0 Å². The summed E-state index contributed by atoms with van der Waals surface area (Å²) in [6.45, 7) is 0. The van der Waals surface area contributed by atoms with Crippen molar-refractivity contribution in [3.63, 3.8) is 0 Å². The quantitative estimate of drug-likeness (QED) is 0.505. The number of hydrogen-bond acceptors (Lipinski definition) is 1. The maximum absolute atomic E-state index is 5.50. The third-order valence-corrected chi connectivity index (χ3v) is 4.33. The molecule has 2 heteroatoms. The van der Waals surface area contributed by atoms with E-state index in [2.05, 4.69) is 78.3 Å². The number of para-hydroxylation sites is 1. The summed E-state index contributed by atoms with van der Waals surface area (Å²) in [7, 11) is 3.84. The Bertz CT molecular complexity index is 982. The van der Waals surface area contributed by atoms with Crippen molar-refractivity contribution >= 4 is 21.7 Å². The fourth-order valence-electron chi connectivity index (χ4n) is 3.22. The molecule has 0 atom stereocenters. The van der Waals surface area contributed by atoms with Crippen molar-refractivity contribution < 1.29 is 4.74 Å². The number of fused-ring (bicyclic) bond motifs is 2. The molecule has 0 spiro atoms. The molecule has 0 fully saturated rings. The van der Waals surface area contributed by atoms with E-state index in [1.807, 2.05) is 0 Å². The molecule has 0 saturated heterocycles. The fraction of sp³-hybridized carbons (Fsp3) is 0.100. The van der Waals surface area contributed by atoms with E-state index < -0.39 is 0 Å². The first-order valence-electron chi connectivity index (χ1n) is 7.40. The molecular weight excluding hydrogens is 270 g/mol. The molecule has 0 N–H and O–H groups in total. The lowest BCUT2D eigenvalue weighted by Crippen LogP contribution is -1.93. The first-order valence-corrected chi connectivity index (χ1v) is 7.40. The summed E-state index contributed by atoms with van der Waals surface area (Å²) in [5.41, 5.74) is 3.70. The zero-order valence-corrected chi connectivity index (χ0v) is 12.7. The summed E-state index contributed by atoms with van der Waals surface area (Å²) >= 11 is 0. The van der Waals surface area contributed by atoms with Gasteiger partial charge in [-0.15, -0.1) is 0 Å². The summed E-state index contributed by atoms with van der Waals surface area (Å²) in [5.74, 6) is 0.915. The molecule has 0 radical (unpaired) electrons. The molecule has 0 bridgehead atoms. The number of aromatic nitrogens is 1. The monoisotopic (exact) mass is 287 g/mol. The second-order valence-electron chi connectivity index (χ2n) is 5.51. The summed E-state index contributed by atoms with van der Waals surface area (Å²) in [4.78, 5) is 0. The van der Waals surface area contributed by atoms with Crippen LogP contribution in [-0.4, -0.2) is 11.7 Å². The molecule has 0 amide bonds. The summed E-state index contributed by atoms with van der Waals surface area (Å²) in [5, 5.41) is 3.63. The van der Waals surface area contributed by atoms with Crippen molar-refractivity contribution in [1.29, 1.82) is 0 Å². The van der Waals surface area contributed by atoms with Crippen LogP contribution in [0.2, 0.25) is 0 Å². The Morgan fingerprint density at radius 3 is 2.32 bits per heavy atom. The predicted molar refractivity (Wildman–Crippen MR) is 92.4 cm³/mol. The minimum absolute atomic E-state index is 0.915. The Kier molecular flexibility index (Phi) is 2.90. The molecule has 3 aromatic carbocycles. The number of ether oxygens (including phenoxy) is 1. The number of rotatable bonds is 2. The van der Waals surface area contributed by atoms with Crippen LogP contribution in [0, 0.1) is 0 Å². The van der Waals surface area contributed by atoms with Gasteiger partial charge < -0.3 is 9.30 Å². The normalized spacial score (nSPS) is 11.2. The lowest BCUT2D eigenvalue weighted by Gasteiger charge is -2.11. The average Bonchev–Trinajstić information content (AvgIpc) is 2.91. The molecule has 2 nitrogen and oxygen atoms in total. The summed E-state index contributed by atoms with van der Waals surface area (Å²) in [6.07, 6.45) is 0. The van der Waals surface area contributed by atoms with Gasteiger partial charge in [0, 0.05) is 34.6 Å². The Hall–Kier alpha value is -2.74. The molecule has 1 aromatic heterocycles. The van der Waals surface area contributed by atoms with Gasteiger partial charge in [-0.1, -0.05) is 42.5 Å². The van der Waals surface area contributed by atoms with Crippen LogP contribution < -0.4 is 4.74 Å². The van der Waals surface area contributed by atoms with Crippen LogP contribution in [0.15, 0.2) is 66.7 Å². The van der Waals surface area contributed by atoms with Crippen molar-refractivity contribution in [1.82, 2.24) is 4.57 Å². The van der Waals surface area contributed by atoms with Gasteiger partial charge in [0.2, 0.25) is 0 Å². The van der Waals surface area contributed by atoms with E-state index in [0.29, 0.717) is 0 Å². The van der Waals surface area contributed by atoms with Crippen LogP contribution in [0.1, 0.15) is 0 Å². The van der Waals surface area contributed by atoms with E-state index in [1.54, 1.807) is 7.11 Å². The first kappa shape index (κ1) is 13.0. The molecule has 4 aromatic rings. The molecule has 0 saturated carbocycles. The highest BCUT2D eigenvalue weighted by molar-refractivity contribution is 6.01. The second kappa shape index (κ2) is 4.92. The van der Waals surface area contributed by atoms with Crippen molar-refractivity contribution in [2.45, 2.75) is 0 Å². The SMILES string of the molecule is COc1ccc(-c2cc3ccccc3n2C)c2ccccc12. The van der Waals surface area contributed by atoms with Crippen molar-refractivity contribution in [2.75, 3.05) is 7.11 Å². The third-order valence-electron chi connectivity index (χ3n) is 4.33. The van der Waals surface area contributed by atoms with Gasteiger partial charge in [-0.05, 0) is 29.7 Å². The highest BCUT2D eigenvalue weighted by atomic mass is 16.5. The molecule has 0 aliphatic rings. The van der Waals surface area contributed by atoms with E-state index in [1.165, 1.54) is 27.5 Å². The minimum atomic E-state index is 0.915. The maximum atomic E-state index is 5.50. The van der Waals surface area contributed by atoms with Gasteiger partial charge in [-0.25, -0.2) is 0 Å². The lowest BCUT2D eigenvalue weighted by atomic mass is 10.0. The van der Waals surface area contributed by atoms with E-state index in [4.69, 9.17) is 4.74 Å². The van der Waals surface area contributed by atoms with Gasteiger partial charge in [0.15, 0.2) is 0 Å². The van der Waals surface area contributed by atoms with Crippen LogP contribution in [0.25, 0.3) is 32.9 Å². The highest BCUT2D eigenvalue weighted by Crippen LogP contribution is 2.36. The Morgan fingerprint density at radius 1 is 0.818 bits per heavy atom. The van der Waals surface area contributed by atoms with Crippen molar-refractivity contribution in [3.05, 3.63) is 66.7 Å². The molecule has 108 valence electrons. The summed E-state index contributed by atoms with van der Waals surface area (Å²) in [6, 6.07) is 23.3. The predicted octanol–water partition coefficient (Wildman–Crippen LogP) is 5.01. The zero-order valence-electron chi connectivity index (χ0n) is 12.7. The molecule has 0 aliphatic carbocycles. The molecule has 4 rings (SSSR count). The standard InChI is InChI=1S/C20H17NO/c1-21-18-10-6-3-7-14(18)13-19(21)16-11-12-20(22-2)17-9-5-4-8-15(16)17/h3-13H,1-2H3. The number of aryl methyl sites for hydroxylation is 1. The van der Waals surface area contributed by atoms with Crippen LogP contribution in [-0.2, 0) is 7.05 Å². The number of methoxy groups -OCH3 is 1. The average molecular weight is 287 g/mol. The fourth-order valence-corrected chi connectivity index (χ4v) is 3.22. The van der Waals surface area contributed by atoms with E-state index in [9.17, 15) is 0 Å². The largest absolute Gasteiger partial charge is 0.496 e. The Morgan fingerprint density at radius 2 is 1.55 bits per heavy atom. The van der Waals surface area contributed by atoms with Gasteiger partial charge in [0.1, 0.15) is 5.75 Å².